The van der Waals surface area contributed by atoms with Gasteiger partial charge >= 0.3 is 37.7 Å². The van der Waals surface area contributed by atoms with E-state index in [0.717, 1.165) is 5.56 Å². The third kappa shape index (κ3) is 3.79. The van der Waals surface area contributed by atoms with Crippen LogP contribution in [0.5, 0.6) is 0 Å². The summed E-state index contributed by atoms with van der Waals surface area (Å²) in [4.78, 5) is -0.104. The molecule has 0 spiro atoms. The van der Waals surface area contributed by atoms with Crippen molar-refractivity contribution in [3.8, 4) is 0 Å². The molecule has 0 heterocycles. The zero-order valence-electron chi connectivity index (χ0n) is 6.27. The van der Waals surface area contributed by atoms with E-state index < -0.39 is 10.1 Å². The van der Waals surface area contributed by atoms with E-state index in [9.17, 15) is 8.42 Å². The molecule has 0 saturated carbocycles. The molecule has 13 heavy (non-hydrogen) atoms. The van der Waals surface area contributed by atoms with Crippen molar-refractivity contribution in [1.82, 2.24) is 0 Å². The van der Waals surface area contributed by atoms with Gasteiger partial charge in [-0.25, -0.2) is 0 Å². The molecule has 0 atom stereocenters. The third-order valence-corrected chi connectivity index (χ3v) is 2.28. The molecule has 0 aliphatic rings. The average molecular weight is 226 g/mol. The van der Waals surface area contributed by atoms with Crippen molar-refractivity contribution in [1.29, 1.82) is 0 Å². The second kappa shape index (κ2) is 5.12. The van der Waals surface area contributed by atoms with E-state index in [1.807, 2.05) is 0 Å². The summed E-state index contributed by atoms with van der Waals surface area (Å²) in [6.45, 7) is 3.51. The summed E-state index contributed by atoms with van der Waals surface area (Å²) in [7, 11) is -4.06. The Balaban J connectivity index is 0.00000144. The quantitative estimate of drug-likeness (QED) is 0.595. The number of benzene rings is 1. The van der Waals surface area contributed by atoms with Crippen molar-refractivity contribution in [2.75, 3.05) is 0 Å². The second-order valence-corrected chi connectivity index (χ2v) is 3.67. The van der Waals surface area contributed by atoms with Crippen LogP contribution in [0.3, 0.4) is 0 Å². The fraction of sp³-hybridized carbons (Fsp3) is 0. The van der Waals surface area contributed by atoms with Gasteiger partial charge in [0.05, 0.1) is 4.90 Å². The van der Waals surface area contributed by atoms with Crippen molar-refractivity contribution < 1.29 is 13.0 Å². The first kappa shape index (κ1) is 13.1. The molecule has 3 nitrogen and oxygen atoms in total. The molecule has 1 aromatic rings. The van der Waals surface area contributed by atoms with Gasteiger partial charge in [-0.3, -0.25) is 4.55 Å². The molecule has 0 amide bonds. The van der Waals surface area contributed by atoms with E-state index in [-0.39, 0.29) is 42.6 Å². The average Bonchev–Trinajstić information content (AvgIpc) is 2.03. The van der Waals surface area contributed by atoms with Gasteiger partial charge in [0.15, 0.2) is 0 Å². The predicted molar refractivity (Wildman–Crippen MR) is 54.9 cm³/mol. The fourth-order valence-corrected chi connectivity index (χ4v) is 1.26. The van der Waals surface area contributed by atoms with Crippen molar-refractivity contribution >= 4 is 53.9 Å². The van der Waals surface area contributed by atoms with E-state index in [0.29, 0.717) is 0 Å². The fourth-order valence-electron chi connectivity index (χ4n) is 0.776. The van der Waals surface area contributed by atoms with Gasteiger partial charge < -0.3 is 0 Å². The molecule has 0 fully saturated rings. The van der Waals surface area contributed by atoms with Crippen molar-refractivity contribution in [3.63, 3.8) is 0 Å². The number of hydrogen-bond donors (Lipinski definition) is 1. The van der Waals surface area contributed by atoms with Crippen molar-refractivity contribution in [2.24, 2.45) is 0 Å². The van der Waals surface area contributed by atoms with Gasteiger partial charge in [0, 0.05) is 0 Å². The summed E-state index contributed by atoms with van der Waals surface area (Å²) in [5.74, 6) is 0. The van der Waals surface area contributed by atoms with Crippen LogP contribution in [0.25, 0.3) is 6.08 Å². The third-order valence-electron chi connectivity index (χ3n) is 1.41. The van der Waals surface area contributed by atoms with Crippen LogP contribution in [-0.2, 0) is 10.1 Å². The van der Waals surface area contributed by atoms with E-state index in [1.165, 1.54) is 12.1 Å². The predicted octanol–water partition coefficient (Wildman–Crippen LogP) is 0.660. The van der Waals surface area contributed by atoms with Crippen LogP contribution in [0.4, 0.5) is 0 Å². The van der Waals surface area contributed by atoms with E-state index in [4.69, 9.17) is 4.55 Å². The molecule has 0 aliphatic carbocycles. The molecule has 1 aromatic carbocycles. The first-order valence-electron chi connectivity index (χ1n) is 3.24. The van der Waals surface area contributed by atoms with Crippen LogP contribution in [0.15, 0.2) is 35.7 Å². The molecule has 0 aliphatic heterocycles. The van der Waals surface area contributed by atoms with Gasteiger partial charge in [-0.05, 0) is 17.7 Å². The summed E-state index contributed by atoms with van der Waals surface area (Å²) in [6.07, 6.45) is 1.59. The van der Waals surface area contributed by atoms with Crippen molar-refractivity contribution in [3.05, 3.63) is 36.4 Å². The molecule has 0 unspecified atom stereocenters. The van der Waals surface area contributed by atoms with Crippen molar-refractivity contribution in [2.45, 2.75) is 4.90 Å². The first-order valence-corrected chi connectivity index (χ1v) is 4.68. The van der Waals surface area contributed by atoms with E-state index in [1.54, 1.807) is 18.2 Å². The summed E-state index contributed by atoms with van der Waals surface area (Å²) < 4.78 is 29.7. The van der Waals surface area contributed by atoms with E-state index >= 15 is 0 Å². The summed E-state index contributed by atoms with van der Waals surface area (Å²) in [5.41, 5.74) is 0.808. The molecular weight excluding hydrogens is 216 g/mol. The molecule has 0 radical (unpaired) electrons. The Kier molecular flexibility index (Phi) is 5.17. The summed E-state index contributed by atoms with van der Waals surface area (Å²) in [6, 6.07) is 5.78. The SMILES string of the molecule is C=Cc1ccc(S(=O)(=O)O)cc1.[CaH2]. The monoisotopic (exact) mass is 226 g/mol. The number of hydrogen-bond acceptors (Lipinski definition) is 2. The van der Waals surface area contributed by atoms with Gasteiger partial charge in [-0.2, -0.15) is 8.42 Å². The maximum absolute atomic E-state index is 10.6. The topological polar surface area (TPSA) is 54.4 Å². The Morgan fingerprint density at radius 1 is 1.23 bits per heavy atom. The van der Waals surface area contributed by atoms with Crippen LogP contribution in [0, 0.1) is 0 Å². The van der Waals surface area contributed by atoms with Gasteiger partial charge in [-0.15, -0.1) is 0 Å². The Bertz CT molecular complexity index is 380. The molecule has 0 aromatic heterocycles. The normalized spacial score (nSPS) is 10.2. The van der Waals surface area contributed by atoms with Gasteiger partial charge in [-0.1, -0.05) is 24.8 Å². The van der Waals surface area contributed by atoms with Crippen LogP contribution < -0.4 is 0 Å². The molecule has 0 saturated heterocycles. The minimum atomic E-state index is -4.06. The molecule has 5 heteroatoms. The molecular formula is C8H10CaO3S. The van der Waals surface area contributed by atoms with Crippen LogP contribution in [0.2, 0.25) is 0 Å². The van der Waals surface area contributed by atoms with E-state index in [2.05, 4.69) is 6.58 Å². The maximum atomic E-state index is 10.6. The first-order chi connectivity index (χ1) is 5.54. The van der Waals surface area contributed by atoms with Crippen LogP contribution in [0.1, 0.15) is 5.56 Å². The van der Waals surface area contributed by atoms with Gasteiger partial charge in [0.2, 0.25) is 0 Å². The number of rotatable bonds is 2. The van der Waals surface area contributed by atoms with Crippen LogP contribution >= 0.6 is 0 Å². The molecule has 0 bridgehead atoms. The second-order valence-electron chi connectivity index (χ2n) is 2.25. The Morgan fingerprint density at radius 3 is 2.00 bits per heavy atom. The zero-order chi connectivity index (χ0) is 9.19. The molecule has 1 N–H and O–H groups in total. The Hall–Kier alpha value is 0.130. The summed E-state index contributed by atoms with van der Waals surface area (Å²) >= 11 is 0. The molecule has 1 rings (SSSR count). The minimum absolute atomic E-state index is 0. The Labute approximate surface area is 107 Å². The zero-order valence-corrected chi connectivity index (χ0v) is 7.08. The molecule has 68 valence electrons. The van der Waals surface area contributed by atoms with Crippen LogP contribution in [-0.4, -0.2) is 50.7 Å². The van der Waals surface area contributed by atoms with Gasteiger partial charge in [0.25, 0.3) is 10.1 Å². The standard InChI is InChI=1S/C8H8O3S.Ca.2H/c1-2-7-3-5-8(6-4-7)12(9,10)11;;;/h2-6H,1H2,(H,9,10,11);;;. The summed E-state index contributed by atoms with van der Waals surface area (Å²) in [5, 5.41) is 0. The van der Waals surface area contributed by atoms with Gasteiger partial charge in [0.1, 0.15) is 0 Å². The Morgan fingerprint density at radius 2 is 1.69 bits per heavy atom.